The van der Waals surface area contributed by atoms with Crippen LogP contribution in [0.3, 0.4) is 0 Å². The maximum atomic E-state index is 13.2. The van der Waals surface area contributed by atoms with Crippen LogP contribution in [-0.4, -0.2) is 15.7 Å². The highest BCUT2D eigenvalue weighted by Crippen LogP contribution is 2.25. The number of aryl methyl sites for hydroxylation is 2. The number of anilines is 1. The van der Waals surface area contributed by atoms with Gasteiger partial charge in [0.1, 0.15) is 16.5 Å². The fourth-order valence-electron chi connectivity index (χ4n) is 2.45. The van der Waals surface area contributed by atoms with Crippen molar-refractivity contribution in [2.24, 2.45) is 0 Å². The van der Waals surface area contributed by atoms with Crippen LogP contribution in [0.5, 0.6) is 0 Å². The summed E-state index contributed by atoms with van der Waals surface area (Å²) in [6.07, 6.45) is 0. The first-order valence-electron chi connectivity index (χ1n) is 7.35. The Kier molecular flexibility index (Phi) is 4.36. The minimum atomic E-state index is -0.380. The number of halogens is 2. The van der Waals surface area contributed by atoms with Crippen molar-refractivity contribution < 1.29 is 9.18 Å². The summed E-state index contributed by atoms with van der Waals surface area (Å²) in [4.78, 5) is 12.6. The highest BCUT2D eigenvalue weighted by Gasteiger charge is 2.21. The van der Waals surface area contributed by atoms with Crippen molar-refractivity contribution in [3.8, 4) is 5.69 Å². The largest absolute Gasteiger partial charge is 0.322 e. The SMILES string of the molecule is Cc1cc(F)ccc1NC(=O)c1c(C)nn(-c2ccccc2)c1Cl. The first kappa shape index (κ1) is 16.2. The molecule has 6 heteroatoms. The number of carbonyl (C=O) groups is 1. The molecule has 1 aromatic heterocycles. The zero-order chi connectivity index (χ0) is 17.3. The summed E-state index contributed by atoms with van der Waals surface area (Å²) >= 11 is 6.37. The van der Waals surface area contributed by atoms with E-state index in [-0.39, 0.29) is 16.9 Å². The van der Waals surface area contributed by atoms with Crippen molar-refractivity contribution in [1.29, 1.82) is 0 Å². The molecular formula is C18H15ClFN3O. The Bertz CT molecular complexity index is 906. The average Bonchev–Trinajstić information content (AvgIpc) is 2.85. The second-order valence-corrected chi connectivity index (χ2v) is 5.77. The Morgan fingerprint density at radius 3 is 2.54 bits per heavy atom. The monoisotopic (exact) mass is 343 g/mol. The van der Waals surface area contributed by atoms with E-state index in [1.54, 1.807) is 13.8 Å². The lowest BCUT2D eigenvalue weighted by atomic mass is 10.1. The van der Waals surface area contributed by atoms with Crippen molar-refractivity contribution in [3.05, 3.63) is 76.3 Å². The number of hydrogen-bond donors (Lipinski definition) is 1. The second kappa shape index (κ2) is 6.45. The highest BCUT2D eigenvalue weighted by molar-refractivity contribution is 6.34. The lowest BCUT2D eigenvalue weighted by Crippen LogP contribution is -2.14. The summed E-state index contributed by atoms with van der Waals surface area (Å²) in [5.74, 6) is -0.731. The van der Waals surface area contributed by atoms with Crippen LogP contribution >= 0.6 is 11.6 Å². The standard InChI is InChI=1S/C18H15ClFN3O/c1-11-10-13(20)8-9-15(11)21-18(24)16-12(2)22-23(17(16)19)14-6-4-3-5-7-14/h3-10H,1-2H3,(H,21,24). The first-order valence-corrected chi connectivity index (χ1v) is 7.73. The molecule has 2 aromatic carbocycles. The van der Waals surface area contributed by atoms with Gasteiger partial charge in [-0.2, -0.15) is 5.10 Å². The molecule has 0 aliphatic carbocycles. The summed E-state index contributed by atoms with van der Waals surface area (Å²) in [5.41, 5.74) is 2.74. The minimum absolute atomic E-state index is 0.232. The van der Waals surface area contributed by atoms with Gasteiger partial charge in [0.2, 0.25) is 0 Å². The molecule has 1 N–H and O–H groups in total. The zero-order valence-corrected chi connectivity index (χ0v) is 13.9. The molecule has 0 fully saturated rings. The van der Waals surface area contributed by atoms with Crippen molar-refractivity contribution in [2.45, 2.75) is 13.8 Å². The quantitative estimate of drug-likeness (QED) is 0.759. The predicted octanol–water partition coefficient (Wildman–Crippen LogP) is 4.53. The molecular weight excluding hydrogens is 329 g/mol. The van der Waals surface area contributed by atoms with E-state index < -0.39 is 0 Å². The van der Waals surface area contributed by atoms with Gasteiger partial charge in [0.05, 0.1) is 11.4 Å². The van der Waals surface area contributed by atoms with Crippen molar-refractivity contribution in [1.82, 2.24) is 9.78 Å². The molecule has 3 rings (SSSR count). The first-order chi connectivity index (χ1) is 11.5. The van der Waals surface area contributed by atoms with Gasteiger partial charge in [-0.25, -0.2) is 9.07 Å². The van der Waals surface area contributed by atoms with E-state index in [1.807, 2.05) is 30.3 Å². The summed E-state index contributed by atoms with van der Waals surface area (Å²) in [6.45, 7) is 3.44. The van der Waals surface area contributed by atoms with E-state index in [2.05, 4.69) is 10.4 Å². The maximum Gasteiger partial charge on any atom is 0.260 e. The molecule has 4 nitrogen and oxygen atoms in total. The van der Waals surface area contributed by atoms with Crippen molar-refractivity contribution in [2.75, 3.05) is 5.32 Å². The third kappa shape index (κ3) is 3.03. The van der Waals surface area contributed by atoms with Gasteiger partial charge < -0.3 is 5.32 Å². The lowest BCUT2D eigenvalue weighted by Gasteiger charge is -2.08. The fourth-order valence-corrected chi connectivity index (χ4v) is 2.81. The van der Waals surface area contributed by atoms with E-state index in [9.17, 15) is 9.18 Å². The molecule has 0 atom stereocenters. The van der Waals surface area contributed by atoms with Gasteiger partial charge in [-0.05, 0) is 49.7 Å². The van der Waals surface area contributed by atoms with Gasteiger partial charge in [0.15, 0.2) is 0 Å². The number of amides is 1. The summed E-state index contributed by atoms with van der Waals surface area (Å²) in [5, 5.41) is 7.33. The Labute approximate surface area is 143 Å². The number of para-hydroxylation sites is 1. The Balaban J connectivity index is 1.95. The highest BCUT2D eigenvalue weighted by atomic mass is 35.5. The van der Waals surface area contributed by atoms with Crippen molar-refractivity contribution >= 4 is 23.2 Å². The number of carbonyl (C=O) groups excluding carboxylic acids is 1. The van der Waals surface area contributed by atoms with E-state index >= 15 is 0 Å². The third-order valence-corrected chi connectivity index (χ3v) is 4.02. The number of benzene rings is 2. The minimum Gasteiger partial charge on any atom is -0.322 e. The Morgan fingerprint density at radius 1 is 1.17 bits per heavy atom. The van der Waals surface area contributed by atoms with E-state index in [4.69, 9.17) is 11.6 Å². The molecule has 0 aliphatic heterocycles. The van der Waals surface area contributed by atoms with Gasteiger partial charge in [-0.1, -0.05) is 29.8 Å². The Morgan fingerprint density at radius 2 is 1.88 bits per heavy atom. The summed E-state index contributed by atoms with van der Waals surface area (Å²) in [7, 11) is 0. The van der Waals surface area contributed by atoms with E-state index in [0.717, 1.165) is 5.69 Å². The normalized spacial score (nSPS) is 10.7. The molecule has 122 valence electrons. The molecule has 1 heterocycles. The molecule has 0 saturated carbocycles. The average molecular weight is 344 g/mol. The van der Waals surface area contributed by atoms with Gasteiger partial charge in [-0.3, -0.25) is 4.79 Å². The van der Waals surface area contributed by atoms with Crippen molar-refractivity contribution in [3.63, 3.8) is 0 Å². The summed E-state index contributed by atoms with van der Waals surface area (Å²) < 4.78 is 14.7. The van der Waals surface area contributed by atoms with E-state index in [0.29, 0.717) is 22.5 Å². The molecule has 1 amide bonds. The number of aromatic nitrogens is 2. The molecule has 3 aromatic rings. The second-order valence-electron chi connectivity index (χ2n) is 5.41. The smallest absolute Gasteiger partial charge is 0.260 e. The zero-order valence-electron chi connectivity index (χ0n) is 13.2. The number of rotatable bonds is 3. The maximum absolute atomic E-state index is 13.2. The molecule has 0 unspecified atom stereocenters. The molecule has 0 saturated heterocycles. The predicted molar refractivity (Wildman–Crippen MR) is 92.4 cm³/mol. The van der Waals surface area contributed by atoms with Crippen LogP contribution in [0.4, 0.5) is 10.1 Å². The molecule has 0 spiro atoms. The molecule has 0 bridgehead atoms. The summed E-state index contributed by atoms with van der Waals surface area (Å²) in [6, 6.07) is 13.5. The van der Waals surface area contributed by atoms with Gasteiger partial charge >= 0.3 is 0 Å². The Hall–Kier alpha value is -2.66. The number of nitrogens with zero attached hydrogens (tertiary/aromatic N) is 2. The lowest BCUT2D eigenvalue weighted by molar-refractivity contribution is 0.102. The molecule has 0 aliphatic rings. The van der Waals surface area contributed by atoms with Crippen LogP contribution < -0.4 is 5.32 Å². The molecule has 24 heavy (non-hydrogen) atoms. The third-order valence-electron chi connectivity index (χ3n) is 3.67. The van der Waals surface area contributed by atoms with Crippen LogP contribution in [-0.2, 0) is 0 Å². The van der Waals surface area contributed by atoms with Crippen LogP contribution in [0, 0.1) is 19.7 Å². The fraction of sp³-hybridized carbons (Fsp3) is 0.111. The van der Waals surface area contributed by atoms with Crippen LogP contribution in [0.15, 0.2) is 48.5 Å². The van der Waals surface area contributed by atoms with Crippen LogP contribution in [0.2, 0.25) is 5.15 Å². The van der Waals surface area contributed by atoms with Gasteiger partial charge in [-0.15, -0.1) is 0 Å². The van der Waals surface area contributed by atoms with Crippen LogP contribution in [0.1, 0.15) is 21.6 Å². The topological polar surface area (TPSA) is 46.9 Å². The van der Waals surface area contributed by atoms with Crippen LogP contribution in [0.25, 0.3) is 5.69 Å². The number of nitrogens with one attached hydrogen (secondary N) is 1. The number of hydrogen-bond acceptors (Lipinski definition) is 2. The van der Waals surface area contributed by atoms with E-state index in [1.165, 1.54) is 22.9 Å². The van der Waals surface area contributed by atoms with Gasteiger partial charge in [0, 0.05) is 5.69 Å². The van der Waals surface area contributed by atoms with Gasteiger partial charge in [0.25, 0.3) is 5.91 Å². The molecule has 0 radical (unpaired) electrons.